The monoisotopic (exact) mass is 427 g/mol. The van der Waals surface area contributed by atoms with Crippen LogP contribution in [0.2, 0.25) is 0 Å². The van der Waals surface area contributed by atoms with E-state index in [0.717, 1.165) is 28.2 Å². The second-order valence-electron chi connectivity index (χ2n) is 7.51. The van der Waals surface area contributed by atoms with E-state index in [9.17, 15) is 4.79 Å². The number of carbonyl (C=O) groups excluding carboxylic acids is 1. The Labute approximate surface area is 187 Å². The summed E-state index contributed by atoms with van der Waals surface area (Å²) >= 11 is 0. The maximum atomic E-state index is 12.6. The van der Waals surface area contributed by atoms with E-state index >= 15 is 0 Å². The van der Waals surface area contributed by atoms with Crippen molar-refractivity contribution in [1.29, 1.82) is 0 Å². The largest absolute Gasteiger partial charge is 0.493 e. The summed E-state index contributed by atoms with van der Waals surface area (Å²) in [6.07, 6.45) is 2.05. The highest BCUT2D eigenvalue weighted by molar-refractivity contribution is 5.93. The van der Waals surface area contributed by atoms with Crippen molar-refractivity contribution in [3.8, 4) is 34.1 Å². The molecule has 0 aliphatic rings. The van der Waals surface area contributed by atoms with Crippen LogP contribution in [0, 0.1) is 6.92 Å². The summed E-state index contributed by atoms with van der Waals surface area (Å²) < 4.78 is 10.6. The molecule has 6 heteroatoms. The van der Waals surface area contributed by atoms with Crippen LogP contribution in [0.25, 0.3) is 22.6 Å². The topological polar surface area (TPSA) is 76.2 Å². The van der Waals surface area contributed by atoms with Gasteiger partial charge in [-0.05, 0) is 42.3 Å². The molecular weight excluding hydrogens is 402 g/mol. The highest BCUT2D eigenvalue weighted by Gasteiger charge is 2.10. The Morgan fingerprint density at radius 3 is 2.47 bits per heavy atom. The zero-order chi connectivity index (χ0) is 22.5. The molecule has 0 aliphatic carbocycles. The first-order valence-electron chi connectivity index (χ1n) is 10.3. The maximum Gasteiger partial charge on any atom is 0.228 e. The number of hydrogen-bond donors (Lipinski definition) is 2. The summed E-state index contributed by atoms with van der Waals surface area (Å²) in [5.41, 5.74) is 5.68. The molecule has 1 aromatic heterocycles. The lowest BCUT2D eigenvalue weighted by Gasteiger charge is -2.10. The molecule has 0 fully saturated rings. The van der Waals surface area contributed by atoms with E-state index < -0.39 is 0 Å². The molecule has 4 aromatic rings. The van der Waals surface area contributed by atoms with Crippen LogP contribution in [0.15, 0.2) is 72.9 Å². The zero-order valence-electron chi connectivity index (χ0n) is 18.3. The first kappa shape index (κ1) is 21.2. The van der Waals surface area contributed by atoms with Crippen LogP contribution in [-0.2, 0) is 11.2 Å². The van der Waals surface area contributed by atoms with Crippen LogP contribution >= 0.6 is 0 Å². The van der Waals surface area contributed by atoms with Crippen LogP contribution in [0.3, 0.4) is 0 Å². The molecule has 0 unspecified atom stereocenters. The van der Waals surface area contributed by atoms with Crippen LogP contribution in [0.5, 0.6) is 11.5 Å². The molecule has 2 N–H and O–H groups in total. The Balaban J connectivity index is 1.46. The second-order valence-corrected chi connectivity index (χ2v) is 7.51. The first-order chi connectivity index (χ1) is 15.6. The third-order valence-corrected chi connectivity index (χ3v) is 5.17. The third kappa shape index (κ3) is 4.81. The van der Waals surface area contributed by atoms with Gasteiger partial charge in [-0.1, -0.05) is 48.0 Å². The van der Waals surface area contributed by atoms with E-state index in [1.54, 1.807) is 20.3 Å². The van der Waals surface area contributed by atoms with Gasteiger partial charge >= 0.3 is 0 Å². The van der Waals surface area contributed by atoms with E-state index in [0.29, 0.717) is 17.2 Å². The lowest BCUT2D eigenvalue weighted by molar-refractivity contribution is -0.115. The number of ether oxygens (including phenoxy) is 2. The van der Waals surface area contributed by atoms with Crippen molar-refractivity contribution in [2.75, 3.05) is 19.5 Å². The summed E-state index contributed by atoms with van der Waals surface area (Å²) in [4.78, 5) is 20.5. The molecule has 162 valence electrons. The molecule has 1 amide bonds. The van der Waals surface area contributed by atoms with E-state index in [2.05, 4.69) is 46.5 Å². The number of methoxy groups -OCH3 is 2. The van der Waals surface area contributed by atoms with Gasteiger partial charge in [0, 0.05) is 11.3 Å². The first-order valence-corrected chi connectivity index (χ1v) is 10.3. The molecule has 0 saturated heterocycles. The van der Waals surface area contributed by atoms with Gasteiger partial charge < -0.3 is 19.8 Å². The number of amides is 1. The van der Waals surface area contributed by atoms with Gasteiger partial charge in [0.25, 0.3) is 0 Å². The number of aromatic nitrogens is 2. The number of anilines is 1. The average Bonchev–Trinajstić information content (AvgIpc) is 3.30. The molecule has 0 bridgehead atoms. The molecule has 1 heterocycles. The summed E-state index contributed by atoms with van der Waals surface area (Å²) in [7, 11) is 3.16. The number of aryl methyl sites for hydroxylation is 1. The molecule has 0 spiro atoms. The molecule has 0 atom stereocenters. The smallest absolute Gasteiger partial charge is 0.228 e. The Bertz CT molecular complexity index is 1230. The summed E-state index contributed by atoms with van der Waals surface area (Å²) in [6.45, 7) is 2.06. The number of H-pyrrole nitrogens is 1. The summed E-state index contributed by atoms with van der Waals surface area (Å²) in [5, 5.41) is 2.96. The van der Waals surface area contributed by atoms with Crippen molar-refractivity contribution in [3.63, 3.8) is 0 Å². The van der Waals surface area contributed by atoms with E-state index in [1.165, 1.54) is 5.56 Å². The highest BCUT2D eigenvalue weighted by atomic mass is 16.5. The molecule has 4 rings (SSSR count). The van der Waals surface area contributed by atoms with Gasteiger partial charge in [0.1, 0.15) is 5.82 Å². The SMILES string of the molecule is COc1ccc(CC(=O)Nc2cccc(-c3ncc(-c4ccc(C)cc4)[nH]3)c2)cc1OC. The van der Waals surface area contributed by atoms with Crippen LogP contribution in [0.4, 0.5) is 5.69 Å². The van der Waals surface area contributed by atoms with Crippen molar-refractivity contribution in [2.24, 2.45) is 0 Å². The Morgan fingerprint density at radius 2 is 1.72 bits per heavy atom. The van der Waals surface area contributed by atoms with E-state index in [1.807, 2.05) is 42.6 Å². The number of rotatable bonds is 7. The van der Waals surface area contributed by atoms with Gasteiger partial charge in [0.05, 0.1) is 32.5 Å². The average molecular weight is 428 g/mol. The Kier molecular flexibility index (Phi) is 6.22. The number of nitrogens with one attached hydrogen (secondary N) is 2. The maximum absolute atomic E-state index is 12.6. The van der Waals surface area contributed by atoms with Crippen molar-refractivity contribution in [1.82, 2.24) is 9.97 Å². The quantitative estimate of drug-likeness (QED) is 0.422. The lowest BCUT2D eigenvalue weighted by Crippen LogP contribution is -2.14. The highest BCUT2D eigenvalue weighted by Crippen LogP contribution is 2.28. The van der Waals surface area contributed by atoms with E-state index in [-0.39, 0.29) is 12.3 Å². The summed E-state index contributed by atoms with van der Waals surface area (Å²) in [6, 6.07) is 21.4. The number of carbonyl (C=O) groups is 1. The van der Waals surface area contributed by atoms with Crippen LogP contribution < -0.4 is 14.8 Å². The fourth-order valence-corrected chi connectivity index (χ4v) is 3.47. The zero-order valence-corrected chi connectivity index (χ0v) is 18.3. The second kappa shape index (κ2) is 9.39. The number of imidazole rings is 1. The number of nitrogens with zero attached hydrogens (tertiary/aromatic N) is 1. The molecule has 0 aliphatic heterocycles. The summed E-state index contributed by atoms with van der Waals surface area (Å²) in [5.74, 6) is 1.86. The Morgan fingerprint density at radius 1 is 0.938 bits per heavy atom. The molecule has 6 nitrogen and oxygen atoms in total. The Hall–Kier alpha value is -4.06. The fraction of sp³-hybridized carbons (Fsp3) is 0.154. The number of aromatic amines is 1. The van der Waals surface area contributed by atoms with Crippen molar-refractivity contribution >= 4 is 11.6 Å². The third-order valence-electron chi connectivity index (χ3n) is 5.17. The van der Waals surface area contributed by atoms with Crippen molar-refractivity contribution < 1.29 is 14.3 Å². The van der Waals surface area contributed by atoms with Crippen molar-refractivity contribution in [2.45, 2.75) is 13.3 Å². The minimum absolute atomic E-state index is 0.117. The van der Waals surface area contributed by atoms with Crippen LogP contribution in [-0.4, -0.2) is 30.1 Å². The van der Waals surface area contributed by atoms with Gasteiger partial charge in [-0.2, -0.15) is 0 Å². The number of benzene rings is 3. The lowest BCUT2D eigenvalue weighted by atomic mass is 10.1. The normalized spacial score (nSPS) is 10.6. The standard InChI is InChI=1S/C26H25N3O3/c1-17-7-10-19(11-8-17)22-16-27-26(29-22)20-5-4-6-21(15-20)28-25(30)14-18-9-12-23(31-2)24(13-18)32-3/h4-13,15-16H,14H2,1-3H3,(H,27,29)(H,28,30). The molecule has 3 aromatic carbocycles. The van der Waals surface area contributed by atoms with Gasteiger partial charge in [0.15, 0.2) is 11.5 Å². The molecule has 0 saturated carbocycles. The number of hydrogen-bond acceptors (Lipinski definition) is 4. The molecule has 0 radical (unpaired) electrons. The minimum atomic E-state index is -0.117. The predicted octanol–water partition coefficient (Wildman–Crippen LogP) is 5.25. The van der Waals surface area contributed by atoms with Crippen LogP contribution in [0.1, 0.15) is 11.1 Å². The van der Waals surface area contributed by atoms with Gasteiger partial charge in [0.2, 0.25) is 5.91 Å². The van der Waals surface area contributed by atoms with Gasteiger partial charge in [-0.3, -0.25) is 4.79 Å². The fourth-order valence-electron chi connectivity index (χ4n) is 3.47. The van der Waals surface area contributed by atoms with Gasteiger partial charge in [-0.25, -0.2) is 4.98 Å². The molecule has 32 heavy (non-hydrogen) atoms. The van der Waals surface area contributed by atoms with Crippen molar-refractivity contribution in [3.05, 3.63) is 84.1 Å². The predicted molar refractivity (Wildman–Crippen MR) is 126 cm³/mol. The molecular formula is C26H25N3O3. The van der Waals surface area contributed by atoms with Gasteiger partial charge in [-0.15, -0.1) is 0 Å². The minimum Gasteiger partial charge on any atom is -0.493 e. The van der Waals surface area contributed by atoms with E-state index in [4.69, 9.17) is 9.47 Å².